The van der Waals surface area contributed by atoms with Crippen molar-refractivity contribution < 1.29 is 14.3 Å². The monoisotopic (exact) mass is 343 g/mol. The minimum Gasteiger partial charge on any atom is -0.481 e. The maximum atomic E-state index is 13.3. The Labute approximate surface area is 126 Å². The molecule has 1 aliphatic heterocycles. The van der Waals surface area contributed by atoms with Crippen molar-refractivity contribution in [3.05, 3.63) is 34.1 Å². The van der Waals surface area contributed by atoms with Crippen LogP contribution in [0.4, 0.5) is 4.39 Å². The van der Waals surface area contributed by atoms with Crippen LogP contribution in [-0.2, 0) is 11.3 Å². The third-order valence-corrected chi connectivity index (χ3v) is 4.26. The summed E-state index contributed by atoms with van der Waals surface area (Å²) in [6.07, 6.45) is 3.10. The number of rotatable bonds is 5. The van der Waals surface area contributed by atoms with Gasteiger partial charge in [0.25, 0.3) is 0 Å². The maximum Gasteiger partial charge on any atom is 0.303 e. The van der Waals surface area contributed by atoms with E-state index in [-0.39, 0.29) is 12.2 Å². The lowest BCUT2D eigenvalue weighted by Gasteiger charge is -2.31. The number of benzene rings is 1. The Kier molecular flexibility index (Phi) is 5.54. The zero-order valence-electron chi connectivity index (χ0n) is 11.3. The van der Waals surface area contributed by atoms with E-state index in [0.29, 0.717) is 5.92 Å². The highest BCUT2D eigenvalue weighted by Gasteiger charge is 2.20. The number of piperidine rings is 1. The molecule has 0 aromatic heterocycles. The molecule has 1 fully saturated rings. The Morgan fingerprint density at radius 3 is 2.65 bits per heavy atom. The average Bonchev–Trinajstić information content (AvgIpc) is 2.36. The molecule has 0 spiro atoms. The summed E-state index contributed by atoms with van der Waals surface area (Å²) in [5, 5.41) is 8.69. The number of likely N-dealkylation sites (tertiary alicyclic amines) is 1. The molecule has 110 valence electrons. The summed E-state index contributed by atoms with van der Waals surface area (Å²) in [4.78, 5) is 12.9. The molecule has 0 atom stereocenters. The summed E-state index contributed by atoms with van der Waals surface area (Å²) < 4.78 is 14.1. The van der Waals surface area contributed by atoms with E-state index in [1.54, 1.807) is 6.07 Å². The van der Waals surface area contributed by atoms with Crippen LogP contribution in [0.5, 0.6) is 0 Å². The van der Waals surface area contributed by atoms with Crippen LogP contribution in [0.3, 0.4) is 0 Å². The van der Waals surface area contributed by atoms with Gasteiger partial charge in [-0.25, -0.2) is 4.39 Å². The SMILES string of the molecule is O=C(O)CCC1CCN(Cc2cc(F)cc(Br)c2)CC1. The quantitative estimate of drug-likeness (QED) is 0.886. The van der Waals surface area contributed by atoms with Gasteiger partial charge < -0.3 is 5.11 Å². The van der Waals surface area contributed by atoms with Crippen LogP contribution >= 0.6 is 15.9 Å². The Morgan fingerprint density at radius 1 is 1.35 bits per heavy atom. The first-order valence-corrected chi connectivity index (χ1v) is 7.71. The van der Waals surface area contributed by atoms with Crippen LogP contribution in [0.25, 0.3) is 0 Å². The molecule has 1 heterocycles. The standard InChI is InChI=1S/C15H19BrFNO2/c16-13-7-12(8-14(17)9-13)10-18-5-3-11(4-6-18)1-2-15(19)20/h7-9,11H,1-6,10H2,(H,19,20). The van der Waals surface area contributed by atoms with Crippen molar-refractivity contribution in [3.8, 4) is 0 Å². The summed E-state index contributed by atoms with van der Waals surface area (Å²) in [6, 6.07) is 4.97. The molecule has 20 heavy (non-hydrogen) atoms. The fourth-order valence-corrected chi connectivity index (χ4v) is 3.23. The van der Waals surface area contributed by atoms with Crippen LogP contribution in [0.2, 0.25) is 0 Å². The second kappa shape index (κ2) is 7.18. The normalized spacial score (nSPS) is 17.3. The molecule has 3 nitrogen and oxygen atoms in total. The van der Waals surface area contributed by atoms with E-state index in [1.807, 2.05) is 6.07 Å². The molecule has 0 unspecified atom stereocenters. The van der Waals surface area contributed by atoms with Crippen molar-refractivity contribution >= 4 is 21.9 Å². The zero-order chi connectivity index (χ0) is 14.5. The highest BCUT2D eigenvalue weighted by Crippen LogP contribution is 2.24. The van der Waals surface area contributed by atoms with Gasteiger partial charge in [-0.1, -0.05) is 15.9 Å². The Hall–Kier alpha value is -0.940. The highest BCUT2D eigenvalue weighted by atomic mass is 79.9. The number of aliphatic carboxylic acids is 1. The van der Waals surface area contributed by atoms with Crippen LogP contribution in [-0.4, -0.2) is 29.1 Å². The summed E-state index contributed by atoms with van der Waals surface area (Å²) in [7, 11) is 0. The molecule has 0 aliphatic carbocycles. The smallest absolute Gasteiger partial charge is 0.303 e. The van der Waals surface area contributed by atoms with E-state index in [9.17, 15) is 9.18 Å². The van der Waals surface area contributed by atoms with Gasteiger partial charge in [-0.2, -0.15) is 0 Å². The number of carboxylic acid groups (broad SMARTS) is 1. The van der Waals surface area contributed by atoms with Crippen molar-refractivity contribution in [2.45, 2.75) is 32.2 Å². The second-order valence-corrected chi connectivity index (χ2v) is 6.35. The van der Waals surface area contributed by atoms with Crippen molar-refractivity contribution in [2.24, 2.45) is 5.92 Å². The minimum atomic E-state index is -0.711. The summed E-state index contributed by atoms with van der Waals surface area (Å²) >= 11 is 3.31. The predicted molar refractivity (Wildman–Crippen MR) is 79.0 cm³/mol. The third kappa shape index (κ3) is 4.87. The van der Waals surface area contributed by atoms with Crippen molar-refractivity contribution in [3.63, 3.8) is 0 Å². The van der Waals surface area contributed by atoms with Crippen molar-refractivity contribution in [1.82, 2.24) is 4.90 Å². The molecule has 1 N–H and O–H groups in total. The van der Waals surface area contributed by atoms with E-state index in [2.05, 4.69) is 20.8 Å². The number of nitrogens with zero attached hydrogens (tertiary/aromatic N) is 1. The fourth-order valence-electron chi connectivity index (χ4n) is 2.72. The summed E-state index contributed by atoms with van der Waals surface area (Å²) in [5.41, 5.74) is 0.973. The van der Waals surface area contributed by atoms with Gasteiger partial charge in [-0.05, 0) is 62.0 Å². The molecular weight excluding hydrogens is 325 g/mol. The van der Waals surface area contributed by atoms with Gasteiger partial charge in [0.15, 0.2) is 0 Å². The molecule has 1 aromatic rings. The predicted octanol–water partition coefficient (Wildman–Crippen LogP) is 3.67. The van der Waals surface area contributed by atoms with Crippen molar-refractivity contribution in [1.29, 1.82) is 0 Å². The van der Waals surface area contributed by atoms with Gasteiger partial charge in [0.05, 0.1) is 0 Å². The number of hydrogen-bond donors (Lipinski definition) is 1. The summed E-state index contributed by atoms with van der Waals surface area (Å²) in [6.45, 7) is 2.67. The molecule has 0 radical (unpaired) electrons. The first-order valence-electron chi connectivity index (χ1n) is 6.92. The molecule has 0 amide bonds. The number of hydrogen-bond acceptors (Lipinski definition) is 2. The topological polar surface area (TPSA) is 40.5 Å². The Balaban J connectivity index is 1.80. The van der Waals surface area contributed by atoms with Crippen LogP contribution in [0.15, 0.2) is 22.7 Å². The first kappa shape index (κ1) is 15.4. The van der Waals surface area contributed by atoms with Crippen LogP contribution in [0.1, 0.15) is 31.2 Å². The molecular formula is C15H19BrFNO2. The lowest BCUT2D eigenvalue weighted by Crippen LogP contribution is -2.33. The van der Waals surface area contributed by atoms with Gasteiger partial charge in [-0.3, -0.25) is 9.69 Å². The van der Waals surface area contributed by atoms with E-state index in [0.717, 1.165) is 48.9 Å². The first-order chi connectivity index (χ1) is 9.52. The molecule has 5 heteroatoms. The van der Waals surface area contributed by atoms with Gasteiger partial charge in [0, 0.05) is 17.4 Å². The van der Waals surface area contributed by atoms with E-state index >= 15 is 0 Å². The van der Waals surface area contributed by atoms with E-state index in [4.69, 9.17) is 5.11 Å². The van der Waals surface area contributed by atoms with Gasteiger partial charge in [-0.15, -0.1) is 0 Å². The largest absolute Gasteiger partial charge is 0.481 e. The molecule has 0 bridgehead atoms. The lowest BCUT2D eigenvalue weighted by atomic mass is 9.92. The van der Waals surface area contributed by atoms with Crippen LogP contribution < -0.4 is 0 Å². The number of halogens is 2. The number of carbonyl (C=O) groups is 1. The zero-order valence-corrected chi connectivity index (χ0v) is 12.9. The van der Waals surface area contributed by atoms with Gasteiger partial charge in [0.2, 0.25) is 0 Å². The molecule has 1 aliphatic rings. The van der Waals surface area contributed by atoms with Gasteiger partial charge in [0.1, 0.15) is 5.82 Å². The summed E-state index contributed by atoms with van der Waals surface area (Å²) in [5.74, 6) is -0.413. The van der Waals surface area contributed by atoms with E-state index in [1.165, 1.54) is 6.07 Å². The Bertz CT molecular complexity index is 453. The molecule has 1 aromatic carbocycles. The van der Waals surface area contributed by atoms with E-state index < -0.39 is 5.97 Å². The lowest BCUT2D eigenvalue weighted by molar-refractivity contribution is -0.137. The van der Waals surface area contributed by atoms with Crippen molar-refractivity contribution in [2.75, 3.05) is 13.1 Å². The third-order valence-electron chi connectivity index (χ3n) is 3.80. The number of carboxylic acids is 1. The Morgan fingerprint density at radius 2 is 2.05 bits per heavy atom. The molecule has 1 saturated heterocycles. The van der Waals surface area contributed by atoms with Gasteiger partial charge >= 0.3 is 5.97 Å². The highest BCUT2D eigenvalue weighted by molar-refractivity contribution is 9.10. The molecule has 0 saturated carbocycles. The minimum absolute atomic E-state index is 0.217. The maximum absolute atomic E-state index is 13.3. The average molecular weight is 344 g/mol. The second-order valence-electron chi connectivity index (χ2n) is 5.43. The fraction of sp³-hybridized carbons (Fsp3) is 0.533. The van der Waals surface area contributed by atoms with Crippen LogP contribution in [0, 0.1) is 11.7 Å². The molecule has 2 rings (SSSR count).